The highest BCUT2D eigenvalue weighted by Gasteiger charge is 2.16. The molecule has 1 atom stereocenters. The summed E-state index contributed by atoms with van der Waals surface area (Å²) in [5, 5.41) is 0. The van der Waals surface area contributed by atoms with E-state index in [0.29, 0.717) is 12.0 Å². The molecule has 0 aromatic carbocycles. The van der Waals surface area contributed by atoms with Gasteiger partial charge in [-0.1, -0.05) is 13.8 Å². The lowest BCUT2D eigenvalue weighted by molar-refractivity contribution is 0.284. The lowest BCUT2D eigenvalue weighted by Gasteiger charge is -2.25. The molecule has 0 aliphatic carbocycles. The van der Waals surface area contributed by atoms with Crippen LogP contribution in [0.5, 0.6) is 0 Å². The molecule has 1 aromatic rings. The molecule has 1 rings (SSSR count). The predicted octanol–water partition coefficient (Wildman–Crippen LogP) is 3.00. The molecule has 0 aliphatic rings. The normalized spacial score (nSPS) is 13.7. The molecule has 3 nitrogen and oxygen atoms in total. The molecule has 16 heavy (non-hydrogen) atoms. The number of imidazole rings is 1. The lowest BCUT2D eigenvalue weighted by atomic mass is 10.0. The minimum atomic E-state index is 0.466. The summed E-state index contributed by atoms with van der Waals surface area (Å²) in [6.45, 7) is 7.66. The number of H-pyrrole nitrogens is 1. The van der Waals surface area contributed by atoms with E-state index in [1.165, 1.54) is 5.69 Å². The van der Waals surface area contributed by atoms with Crippen LogP contribution in [0.25, 0.3) is 0 Å². The summed E-state index contributed by atoms with van der Waals surface area (Å²) >= 11 is 5.34. The van der Waals surface area contributed by atoms with Gasteiger partial charge in [-0.05, 0) is 45.6 Å². The average molecular weight is 241 g/mol. The van der Waals surface area contributed by atoms with Crippen molar-refractivity contribution in [1.29, 1.82) is 0 Å². The highest BCUT2D eigenvalue weighted by molar-refractivity contribution is 7.71. The lowest BCUT2D eigenvalue weighted by Crippen LogP contribution is -2.26. The fourth-order valence-electron chi connectivity index (χ4n) is 2.15. The number of nitrogens with one attached hydrogen (secondary N) is 1. The maximum atomic E-state index is 5.34. The van der Waals surface area contributed by atoms with Crippen LogP contribution in [-0.2, 0) is 0 Å². The summed E-state index contributed by atoms with van der Waals surface area (Å²) in [6.07, 6.45) is 3.15. The molecule has 1 unspecified atom stereocenters. The van der Waals surface area contributed by atoms with Crippen molar-refractivity contribution in [2.24, 2.45) is 5.92 Å². The monoisotopic (exact) mass is 241 g/mol. The van der Waals surface area contributed by atoms with E-state index < -0.39 is 0 Å². The Kier molecular flexibility index (Phi) is 4.74. The van der Waals surface area contributed by atoms with Crippen molar-refractivity contribution in [3.8, 4) is 0 Å². The van der Waals surface area contributed by atoms with Gasteiger partial charge in [-0.2, -0.15) is 0 Å². The van der Waals surface area contributed by atoms with Gasteiger partial charge in [0, 0.05) is 24.5 Å². The summed E-state index contributed by atoms with van der Waals surface area (Å²) in [5.74, 6) is 0.682. The summed E-state index contributed by atoms with van der Waals surface area (Å²) in [4.78, 5) is 5.35. The molecule has 0 saturated heterocycles. The molecule has 0 radical (unpaired) electrons. The summed E-state index contributed by atoms with van der Waals surface area (Å²) in [6, 6.07) is 0.466. The van der Waals surface area contributed by atoms with Crippen molar-refractivity contribution in [1.82, 2.24) is 14.5 Å². The first-order chi connectivity index (χ1) is 7.41. The fraction of sp³-hybridized carbons (Fsp3) is 0.750. The molecule has 1 heterocycles. The van der Waals surface area contributed by atoms with E-state index in [2.05, 4.69) is 49.3 Å². The van der Waals surface area contributed by atoms with E-state index in [1.54, 1.807) is 0 Å². The number of hydrogen-bond acceptors (Lipinski definition) is 2. The van der Waals surface area contributed by atoms with Crippen molar-refractivity contribution in [2.45, 2.75) is 33.2 Å². The number of aryl methyl sites for hydroxylation is 1. The van der Waals surface area contributed by atoms with Gasteiger partial charge in [0.15, 0.2) is 4.77 Å². The SMILES string of the molecule is Cc1c[nH]c(=S)n1C(CC(C)C)CN(C)C. The second-order valence-electron chi connectivity index (χ2n) is 5.15. The van der Waals surface area contributed by atoms with Crippen molar-refractivity contribution in [3.63, 3.8) is 0 Å². The molecule has 92 valence electrons. The average Bonchev–Trinajstić information content (AvgIpc) is 2.43. The van der Waals surface area contributed by atoms with Crippen LogP contribution in [-0.4, -0.2) is 35.1 Å². The Bertz CT molecular complexity index is 366. The fourth-order valence-corrected chi connectivity index (χ4v) is 2.50. The minimum Gasteiger partial charge on any atom is -0.337 e. The topological polar surface area (TPSA) is 24.0 Å². The third-order valence-electron chi connectivity index (χ3n) is 2.69. The molecule has 0 aliphatic heterocycles. The number of aromatic nitrogens is 2. The van der Waals surface area contributed by atoms with Crippen LogP contribution in [0, 0.1) is 17.6 Å². The van der Waals surface area contributed by atoms with E-state index in [9.17, 15) is 0 Å². The van der Waals surface area contributed by atoms with Crippen LogP contribution in [0.2, 0.25) is 0 Å². The summed E-state index contributed by atoms with van der Waals surface area (Å²) in [5.41, 5.74) is 1.22. The largest absolute Gasteiger partial charge is 0.337 e. The van der Waals surface area contributed by atoms with Crippen molar-refractivity contribution < 1.29 is 0 Å². The van der Waals surface area contributed by atoms with Crippen LogP contribution in [0.1, 0.15) is 32.0 Å². The molecule has 0 saturated carbocycles. The Labute approximate surface area is 103 Å². The Morgan fingerprint density at radius 3 is 2.44 bits per heavy atom. The molecular formula is C12H23N3S. The molecular weight excluding hydrogens is 218 g/mol. The zero-order valence-corrected chi connectivity index (χ0v) is 11.8. The van der Waals surface area contributed by atoms with Crippen LogP contribution >= 0.6 is 12.2 Å². The standard InChI is InChI=1S/C12H23N3S/c1-9(2)6-11(8-14(4)5)15-10(3)7-13-12(15)16/h7,9,11H,6,8H2,1-5H3,(H,13,16). The van der Waals surface area contributed by atoms with Gasteiger partial charge in [0.1, 0.15) is 0 Å². The Morgan fingerprint density at radius 1 is 1.44 bits per heavy atom. The Morgan fingerprint density at radius 2 is 2.06 bits per heavy atom. The van der Waals surface area contributed by atoms with E-state index in [1.807, 2.05) is 6.20 Å². The van der Waals surface area contributed by atoms with Crippen LogP contribution < -0.4 is 0 Å². The zero-order valence-electron chi connectivity index (χ0n) is 10.9. The number of rotatable bonds is 5. The molecule has 0 bridgehead atoms. The number of likely N-dealkylation sites (N-methyl/N-ethyl adjacent to an activating group) is 1. The first-order valence-electron chi connectivity index (χ1n) is 5.83. The minimum absolute atomic E-state index is 0.466. The van der Waals surface area contributed by atoms with Gasteiger partial charge in [-0.25, -0.2) is 0 Å². The predicted molar refractivity (Wildman–Crippen MR) is 71.4 cm³/mol. The maximum Gasteiger partial charge on any atom is 0.177 e. The van der Waals surface area contributed by atoms with Crippen molar-refractivity contribution >= 4 is 12.2 Å². The van der Waals surface area contributed by atoms with Gasteiger partial charge in [0.25, 0.3) is 0 Å². The first-order valence-corrected chi connectivity index (χ1v) is 6.24. The molecule has 4 heteroatoms. The molecule has 0 amide bonds. The Balaban J connectivity index is 2.96. The summed E-state index contributed by atoms with van der Waals surface area (Å²) in [7, 11) is 4.22. The van der Waals surface area contributed by atoms with Gasteiger partial charge < -0.3 is 14.5 Å². The molecule has 0 spiro atoms. The number of aromatic amines is 1. The quantitative estimate of drug-likeness (QED) is 0.801. The molecule has 1 N–H and O–H groups in total. The van der Waals surface area contributed by atoms with Crippen LogP contribution in [0.15, 0.2) is 6.20 Å². The smallest absolute Gasteiger partial charge is 0.177 e. The second-order valence-corrected chi connectivity index (χ2v) is 5.54. The zero-order chi connectivity index (χ0) is 12.3. The van der Waals surface area contributed by atoms with Crippen molar-refractivity contribution in [2.75, 3.05) is 20.6 Å². The van der Waals surface area contributed by atoms with Gasteiger partial charge in [0.2, 0.25) is 0 Å². The van der Waals surface area contributed by atoms with Gasteiger partial charge in [-0.15, -0.1) is 0 Å². The third-order valence-corrected chi connectivity index (χ3v) is 3.00. The van der Waals surface area contributed by atoms with E-state index in [-0.39, 0.29) is 0 Å². The maximum absolute atomic E-state index is 5.34. The number of hydrogen-bond donors (Lipinski definition) is 1. The van der Waals surface area contributed by atoms with Gasteiger partial charge in [0.05, 0.1) is 0 Å². The molecule has 0 fully saturated rings. The second kappa shape index (κ2) is 5.64. The van der Waals surface area contributed by atoms with Gasteiger partial charge in [-0.3, -0.25) is 0 Å². The highest BCUT2D eigenvalue weighted by Crippen LogP contribution is 2.20. The van der Waals surface area contributed by atoms with E-state index in [4.69, 9.17) is 12.2 Å². The highest BCUT2D eigenvalue weighted by atomic mass is 32.1. The van der Waals surface area contributed by atoms with Crippen molar-refractivity contribution in [3.05, 3.63) is 16.7 Å². The first kappa shape index (κ1) is 13.5. The number of nitrogens with zero attached hydrogens (tertiary/aromatic N) is 2. The summed E-state index contributed by atoms with van der Waals surface area (Å²) < 4.78 is 3.08. The third kappa shape index (κ3) is 3.46. The van der Waals surface area contributed by atoms with E-state index in [0.717, 1.165) is 17.7 Å². The molecule has 1 aromatic heterocycles. The van der Waals surface area contributed by atoms with Gasteiger partial charge >= 0.3 is 0 Å². The van der Waals surface area contributed by atoms with Crippen LogP contribution in [0.3, 0.4) is 0 Å². The Hall–Kier alpha value is -0.610. The van der Waals surface area contributed by atoms with E-state index >= 15 is 0 Å². The van der Waals surface area contributed by atoms with Crippen LogP contribution in [0.4, 0.5) is 0 Å².